The zero-order chi connectivity index (χ0) is 15.4. The van der Waals surface area contributed by atoms with Crippen LogP contribution in [-0.2, 0) is 11.3 Å². The summed E-state index contributed by atoms with van der Waals surface area (Å²) >= 11 is 6.22. The molecule has 1 aliphatic carbocycles. The molecule has 5 nitrogen and oxygen atoms in total. The second-order valence-electron chi connectivity index (χ2n) is 5.12. The zero-order valence-corrected chi connectivity index (χ0v) is 12.9. The molecule has 6 heteroatoms. The molecule has 1 saturated carbocycles. The lowest BCUT2D eigenvalue weighted by molar-refractivity contribution is -0.145. The highest BCUT2D eigenvalue weighted by molar-refractivity contribution is 6.32. The number of ether oxygens (including phenoxy) is 2. The lowest BCUT2D eigenvalue weighted by Gasteiger charge is -2.18. The molecule has 0 aliphatic heterocycles. The van der Waals surface area contributed by atoms with Crippen molar-refractivity contribution < 1.29 is 19.4 Å². The Bertz CT molecular complexity index is 517. The van der Waals surface area contributed by atoms with Gasteiger partial charge in [-0.1, -0.05) is 18.5 Å². The van der Waals surface area contributed by atoms with Gasteiger partial charge in [0.2, 0.25) is 0 Å². The fourth-order valence-corrected chi connectivity index (χ4v) is 2.27. The molecule has 21 heavy (non-hydrogen) atoms. The van der Waals surface area contributed by atoms with Crippen molar-refractivity contribution in [3.63, 3.8) is 0 Å². The van der Waals surface area contributed by atoms with E-state index in [1.807, 2.05) is 6.07 Å². The Labute approximate surface area is 129 Å². The molecule has 0 radical (unpaired) electrons. The Kier molecular flexibility index (Phi) is 5.31. The number of aliphatic carboxylic acids is 1. The van der Waals surface area contributed by atoms with E-state index in [0.717, 1.165) is 5.56 Å². The minimum atomic E-state index is -1.02. The van der Waals surface area contributed by atoms with Gasteiger partial charge in [0.25, 0.3) is 0 Å². The smallest absolute Gasteiger partial charge is 0.344 e. The molecule has 0 heterocycles. The normalized spacial score (nSPS) is 15.6. The van der Waals surface area contributed by atoms with Gasteiger partial charge in [0.1, 0.15) is 0 Å². The summed E-state index contributed by atoms with van der Waals surface area (Å²) in [5.74, 6) is -0.284. The average molecular weight is 314 g/mol. The van der Waals surface area contributed by atoms with Crippen LogP contribution in [0.4, 0.5) is 0 Å². The van der Waals surface area contributed by atoms with Crippen molar-refractivity contribution in [2.45, 2.75) is 44.9 Å². The maximum Gasteiger partial charge on any atom is 0.344 e. The van der Waals surface area contributed by atoms with Crippen molar-refractivity contribution in [3.05, 3.63) is 22.7 Å². The van der Waals surface area contributed by atoms with Crippen LogP contribution in [0.5, 0.6) is 11.5 Å². The predicted octanol–water partition coefficient (Wildman–Crippen LogP) is 2.84. The molecule has 0 spiro atoms. The molecule has 0 amide bonds. The first-order valence-electron chi connectivity index (χ1n) is 7.04. The van der Waals surface area contributed by atoms with Gasteiger partial charge < -0.3 is 19.9 Å². The van der Waals surface area contributed by atoms with E-state index in [-0.39, 0.29) is 5.75 Å². The number of rotatable bonds is 8. The fourth-order valence-electron chi connectivity index (χ4n) is 1.99. The molecule has 0 aromatic heterocycles. The first-order valence-corrected chi connectivity index (χ1v) is 7.42. The van der Waals surface area contributed by atoms with Gasteiger partial charge in [-0.25, -0.2) is 4.79 Å². The summed E-state index contributed by atoms with van der Waals surface area (Å²) in [6.45, 7) is 2.45. The Morgan fingerprint density at radius 3 is 2.76 bits per heavy atom. The Hall–Kier alpha value is -1.46. The molecule has 116 valence electrons. The standard InChI is InChI=1S/C15H20ClNO4/c1-3-12(15(18)19)21-14-11(16)6-9(7-13(14)20-2)8-17-10-4-5-10/h6-7,10,12,17H,3-5,8H2,1-2H3,(H,18,19). The van der Waals surface area contributed by atoms with Crippen molar-refractivity contribution in [2.75, 3.05) is 7.11 Å². The Morgan fingerprint density at radius 2 is 2.24 bits per heavy atom. The number of benzene rings is 1. The molecule has 2 N–H and O–H groups in total. The van der Waals surface area contributed by atoms with E-state index in [4.69, 9.17) is 26.2 Å². The molecule has 1 atom stereocenters. The van der Waals surface area contributed by atoms with Gasteiger partial charge >= 0.3 is 5.97 Å². The van der Waals surface area contributed by atoms with Crippen LogP contribution in [0.25, 0.3) is 0 Å². The molecule has 1 fully saturated rings. The molecule has 0 bridgehead atoms. The molecule has 1 aromatic carbocycles. The van der Waals surface area contributed by atoms with Crippen LogP contribution in [0, 0.1) is 0 Å². The van der Waals surface area contributed by atoms with Crippen LogP contribution in [0.3, 0.4) is 0 Å². The second kappa shape index (κ2) is 7.00. The van der Waals surface area contributed by atoms with Gasteiger partial charge in [-0.05, 0) is 37.0 Å². The number of carboxylic acid groups (broad SMARTS) is 1. The molecular formula is C15H20ClNO4. The number of methoxy groups -OCH3 is 1. The molecule has 2 rings (SSSR count). The van der Waals surface area contributed by atoms with E-state index < -0.39 is 12.1 Å². The maximum absolute atomic E-state index is 11.1. The fraction of sp³-hybridized carbons (Fsp3) is 0.533. The Morgan fingerprint density at radius 1 is 1.52 bits per heavy atom. The summed E-state index contributed by atoms with van der Waals surface area (Å²) in [5, 5.41) is 12.8. The van der Waals surface area contributed by atoms with Crippen molar-refractivity contribution in [2.24, 2.45) is 0 Å². The lowest BCUT2D eigenvalue weighted by Crippen LogP contribution is -2.26. The van der Waals surface area contributed by atoms with E-state index in [1.165, 1.54) is 20.0 Å². The third kappa shape index (κ3) is 4.25. The summed E-state index contributed by atoms with van der Waals surface area (Å²) in [6.07, 6.45) is 1.83. The summed E-state index contributed by atoms with van der Waals surface area (Å²) in [4.78, 5) is 11.1. The van der Waals surface area contributed by atoms with Crippen LogP contribution < -0.4 is 14.8 Å². The third-order valence-electron chi connectivity index (χ3n) is 3.37. The van der Waals surface area contributed by atoms with Gasteiger partial charge in [0.05, 0.1) is 12.1 Å². The van der Waals surface area contributed by atoms with Gasteiger partial charge in [-0.15, -0.1) is 0 Å². The monoisotopic (exact) mass is 313 g/mol. The van der Waals surface area contributed by atoms with E-state index in [1.54, 1.807) is 13.0 Å². The van der Waals surface area contributed by atoms with Crippen LogP contribution >= 0.6 is 11.6 Å². The highest BCUT2D eigenvalue weighted by Crippen LogP contribution is 2.37. The zero-order valence-electron chi connectivity index (χ0n) is 12.2. The number of nitrogens with one attached hydrogen (secondary N) is 1. The highest BCUT2D eigenvalue weighted by Gasteiger charge is 2.23. The molecule has 1 unspecified atom stereocenters. The van der Waals surface area contributed by atoms with Crippen LogP contribution in [0.1, 0.15) is 31.7 Å². The second-order valence-corrected chi connectivity index (χ2v) is 5.52. The molecule has 1 aromatic rings. The van der Waals surface area contributed by atoms with Gasteiger partial charge in [-0.2, -0.15) is 0 Å². The molecule has 0 saturated heterocycles. The number of carboxylic acids is 1. The first-order chi connectivity index (χ1) is 10.0. The van der Waals surface area contributed by atoms with Crippen LogP contribution in [0.15, 0.2) is 12.1 Å². The lowest BCUT2D eigenvalue weighted by atomic mass is 10.2. The minimum Gasteiger partial charge on any atom is -0.493 e. The minimum absolute atomic E-state index is 0.281. The number of carbonyl (C=O) groups is 1. The third-order valence-corrected chi connectivity index (χ3v) is 3.65. The average Bonchev–Trinajstić information content (AvgIpc) is 3.27. The summed E-state index contributed by atoms with van der Waals surface area (Å²) in [6, 6.07) is 4.20. The van der Waals surface area contributed by atoms with E-state index >= 15 is 0 Å². The van der Waals surface area contributed by atoms with Gasteiger partial charge in [0.15, 0.2) is 17.6 Å². The van der Waals surface area contributed by atoms with E-state index in [2.05, 4.69) is 5.32 Å². The summed E-state index contributed by atoms with van der Waals surface area (Å²) in [5.41, 5.74) is 0.986. The van der Waals surface area contributed by atoms with Crippen molar-refractivity contribution in [3.8, 4) is 11.5 Å². The SMILES string of the molecule is CCC(Oc1c(Cl)cc(CNC2CC2)cc1OC)C(=O)O. The van der Waals surface area contributed by atoms with Crippen LogP contribution in [0.2, 0.25) is 5.02 Å². The van der Waals surface area contributed by atoms with Crippen molar-refractivity contribution in [1.82, 2.24) is 5.32 Å². The highest BCUT2D eigenvalue weighted by atomic mass is 35.5. The van der Waals surface area contributed by atoms with Gasteiger partial charge in [0, 0.05) is 12.6 Å². The van der Waals surface area contributed by atoms with E-state index in [0.29, 0.717) is 29.8 Å². The molecular weight excluding hydrogens is 294 g/mol. The number of hydrogen-bond donors (Lipinski definition) is 2. The van der Waals surface area contributed by atoms with Gasteiger partial charge in [-0.3, -0.25) is 0 Å². The Balaban J connectivity index is 2.17. The summed E-state index contributed by atoms with van der Waals surface area (Å²) < 4.78 is 10.8. The number of halogens is 1. The van der Waals surface area contributed by atoms with Crippen molar-refractivity contribution >= 4 is 17.6 Å². The van der Waals surface area contributed by atoms with Crippen LogP contribution in [-0.4, -0.2) is 30.3 Å². The predicted molar refractivity (Wildman–Crippen MR) is 80.2 cm³/mol. The molecule has 1 aliphatic rings. The quantitative estimate of drug-likeness (QED) is 0.772. The summed E-state index contributed by atoms with van der Waals surface area (Å²) in [7, 11) is 1.51. The largest absolute Gasteiger partial charge is 0.493 e. The van der Waals surface area contributed by atoms with Crippen molar-refractivity contribution in [1.29, 1.82) is 0 Å². The number of hydrogen-bond acceptors (Lipinski definition) is 4. The topological polar surface area (TPSA) is 67.8 Å². The van der Waals surface area contributed by atoms with E-state index in [9.17, 15) is 4.79 Å². The first kappa shape index (κ1) is 15.9. The maximum atomic E-state index is 11.1.